The highest BCUT2D eigenvalue weighted by Crippen LogP contribution is 2.26. The van der Waals surface area contributed by atoms with Crippen molar-refractivity contribution in [2.24, 2.45) is 5.41 Å². The van der Waals surface area contributed by atoms with E-state index >= 15 is 0 Å². The number of hydrogen-bond acceptors (Lipinski definition) is 2. The molecule has 0 amide bonds. The van der Waals surface area contributed by atoms with Gasteiger partial charge in [-0.05, 0) is 31.4 Å². The maximum Gasteiger partial charge on any atom is 0.0367 e. The molecule has 2 nitrogen and oxygen atoms in total. The van der Waals surface area contributed by atoms with Gasteiger partial charge in [0.1, 0.15) is 0 Å². The molecule has 0 bridgehead atoms. The predicted octanol–water partition coefficient (Wildman–Crippen LogP) is 2.90. The Morgan fingerprint density at radius 1 is 1.00 bits per heavy atom. The van der Waals surface area contributed by atoms with Crippen LogP contribution in [0.5, 0.6) is 0 Å². The van der Waals surface area contributed by atoms with Gasteiger partial charge in [0.15, 0.2) is 0 Å². The number of nitrogens with zero attached hydrogens (tertiary/aromatic N) is 1. The van der Waals surface area contributed by atoms with Crippen molar-refractivity contribution in [3.05, 3.63) is 30.3 Å². The lowest BCUT2D eigenvalue weighted by Gasteiger charge is -2.32. The van der Waals surface area contributed by atoms with Crippen molar-refractivity contribution in [1.82, 2.24) is 5.32 Å². The van der Waals surface area contributed by atoms with E-state index in [9.17, 15) is 0 Å². The Kier molecular flexibility index (Phi) is 3.17. The van der Waals surface area contributed by atoms with Crippen LogP contribution in [0.25, 0.3) is 0 Å². The molecule has 1 aliphatic rings. The van der Waals surface area contributed by atoms with Gasteiger partial charge in [-0.3, -0.25) is 0 Å². The fourth-order valence-corrected chi connectivity index (χ4v) is 2.46. The van der Waals surface area contributed by atoms with Crippen molar-refractivity contribution in [3.63, 3.8) is 0 Å². The highest BCUT2D eigenvalue weighted by atomic mass is 15.2. The van der Waals surface area contributed by atoms with Crippen molar-refractivity contribution in [1.29, 1.82) is 0 Å². The number of para-hydroxylation sites is 1. The summed E-state index contributed by atoms with van der Waals surface area (Å²) < 4.78 is 0. The zero-order valence-electron chi connectivity index (χ0n) is 11.5. The Bertz CT molecular complexity index is 350. The monoisotopic (exact) mass is 232 g/mol. The zero-order chi connectivity index (χ0) is 12.5. The molecule has 1 saturated heterocycles. The normalized spacial score (nSPS) is 23.2. The van der Waals surface area contributed by atoms with Crippen LogP contribution in [0, 0.1) is 5.41 Å². The van der Waals surface area contributed by atoms with Crippen LogP contribution in [0.3, 0.4) is 0 Å². The third kappa shape index (κ3) is 3.22. The second-order valence-corrected chi connectivity index (χ2v) is 6.59. The van der Waals surface area contributed by atoms with E-state index in [1.165, 1.54) is 5.69 Å². The van der Waals surface area contributed by atoms with Gasteiger partial charge in [-0.25, -0.2) is 0 Å². The summed E-state index contributed by atoms with van der Waals surface area (Å²) in [7, 11) is 0. The quantitative estimate of drug-likeness (QED) is 0.801. The molecule has 0 radical (unpaired) electrons. The molecular weight excluding hydrogens is 208 g/mol. The highest BCUT2D eigenvalue weighted by Gasteiger charge is 2.32. The standard InChI is InChI=1S/C15H24N2/c1-14(2)10-16-15(3,4)12-17(11-14)13-8-6-5-7-9-13/h5-9,16H,10-12H2,1-4H3. The number of hydrogen-bond donors (Lipinski definition) is 1. The molecule has 2 rings (SSSR count). The molecule has 0 spiro atoms. The van der Waals surface area contributed by atoms with Crippen molar-refractivity contribution in [3.8, 4) is 0 Å². The van der Waals surface area contributed by atoms with E-state index in [0.29, 0.717) is 5.41 Å². The van der Waals surface area contributed by atoms with Gasteiger partial charge >= 0.3 is 0 Å². The smallest absolute Gasteiger partial charge is 0.0367 e. The molecular formula is C15H24N2. The average Bonchev–Trinajstić information content (AvgIpc) is 2.37. The van der Waals surface area contributed by atoms with E-state index < -0.39 is 0 Å². The molecule has 17 heavy (non-hydrogen) atoms. The molecule has 0 saturated carbocycles. The summed E-state index contributed by atoms with van der Waals surface area (Å²) in [6.07, 6.45) is 0. The second-order valence-electron chi connectivity index (χ2n) is 6.59. The summed E-state index contributed by atoms with van der Waals surface area (Å²) in [6, 6.07) is 10.7. The van der Waals surface area contributed by atoms with E-state index in [1.807, 2.05) is 0 Å². The van der Waals surface area contributed by atoms with Crippen molar-refractivity contribution < 1.29 is 0 Å². The van der Waals surface area contributed by atoms with E-state index in [4.69, 9.17) is 0 Å². The molecule has 1 aliphatic heterocycles. The van der Waals surface area contributed by atoms with Crippen molar-refractivity contribution in [2.75, 3.05) is 24.5 Å². The lowest BCUT2D eigenvalue weighted by atomic mass is 9.93. The summed E-state index contributed by atoms with van der Waals surface area (Å²) in [6.45, 7) is 12.5. The van der Waals surface area contributed by atoms with Gasteiger partial charge in [0, 0.05) is 30.9 Å². The number of nitrogens with one attached hydrogen (secondary N) is 1. The predicted molar refractivity (Wildman–Crippen MR) is 74.5 cm³/mol. The molecule has 1 aromatic carbocycles. The van der Waals surface area contributed by atoms with Crippen LogP contribution in [0.2, 0.25) is 0 Å². The van der Waals surface area contributed by atoms with Crippen LogP contribution in [0.4, 0.5) is 5.69 Å². The summed E-state index contributed by atoms with van der Waals surface area (Å²) in [5.41, 5.74) is 1.81. The second kappa shape index (κ2) is 4.34. The van der Waals surface area contributed by atoms with E-state index in [1.54, 1.807) is 0 Å². The van der Waals surface area contributed by atoms with Crippen molar-refractivity contribution in [2.45, 2.75) is 33.2 Å². The minimum absolute atomic E-state index is 0.170. The molecule has 0 unspecified atom stereocenters. The Hall–Kier alpha value is -1.02. The Morgan fingerprint density at radius 2 is 1.65 bits per heavy atom. The molecule has 0 aliphatic carbocycles. The summed E-state index contributed by atoms with van der Waals surface area (Å²) in [4.78, 5) is 2.50. The minimum atomic E-state index is 0.170. The topological polar surface area (TPSA) is 15.3 Å². The lowest BCUT2D eigenvalue weighted by molar-refractivity contribution is 0.332. The molecule has 94 valence electrons. The van der Waals surface area contributed by atoms with Crippen LogP contribution in [-0.4, -0.2) is 25.2 Å². The van der Waals surface area contributed by atoms with Gasteiger partial charge in [-0.2, -0.15) is 0 Å². The summed E-state index contributed by atoms with van der Waals surface area (Å²) in [5.74, 6) is 0. The number of rotatable bonds is 1. The molecule has 0 aromatic heterocycles. The molecule has 1 N–H and O–H groups in total. The molecule has 1 aromatic rings. The third-order valence-electron chi connectivity index (χ3n) is 3.37. The first kappa shape index (κ1) is 12.4. The zero-order valence-corrected chi connectivity index (χ0v) is 11.5. The maximum absolute atomic E-state index is 3.67. The molecule has 0 atom stereocenters. The lowest BCUT2D eigenvalue weighted by Crippen LogP contribution is -2.46. The van der Waals surface area contributed by atoms with Gasteiger partial charge in [0.2, 0.25) is 0 Å². The molecule has 1 fully saturated rings. The molecule has 2 heteroatoms. The number of anilines is 1. The van der Waals surface area contributed by atoms with E-state index in [0.717, 1.165) is 19.6 Å². The van der Waals surface area contributed by atoms with Crippen LogP contribution in [0.1, 0.15) is 27.7 Å². The fraction of sp³-hybridized carbons (Fsp3) is 0.600. The first-order valence-corrected chi connectivity index (χ1v) is 6.43. The van der Waals surface area contributed by atoms with Gasteiger partial charge in [-0.15, -0.1) is 0 Å². The maximum atomic E-state index is 3.67. The van der Waals surface area contributed by atoms with Gasteiger partial charge in [0.25, 0.3) is 0 Å². The third-order valence-corrected chi connectivity index (χ3v) is 3.37. The van der Waals surface area contributed by atoms with Crippen LogP contribution >= 0.6 is 0 Å². The largest absolute Gasteiger partial charge is 0.369 e. The Labute approximate surface area is 105 Å². The SMILES string of the molecule is CC1(C)CNC(C)(C)CN(c2ccccc2)C1. The highest BCUT2D eigenvalue weighted by molar-refractivity contribution is 5.47. The van der Waals surface area contributed by atoms with E-state index in [-0.39, 0.29) is 5.54 Å². The van der Waals surface area contributed by atoms with Crippen LogP contribution in [0.15, 0.2) is 30.3 Å². The van der Waals surface area contributed by atoms with Crippen LogP contribution in [-0.2, 0) is 0 Å². The molecule has 1 heterocycles. The van der Waals surface area contributed by atoms with Gasteiger partial charge < -0.3 is 10.2 Å². The van der Waals surface area contributed by atoms with Gasteiger partial charge in [0.05, 0.1) is 0 Å². The summed E-state index contributed by atoms with van der Waals surface area (Å²) >= 11 is 0. The van der Waals surface area contributed by atoms with Gasteiger partial charge in [-0.1, -0.05) is 32.0 Å². The van der Waals surface area contributed by atoms with Crippen molar-refractivity contribution >= 4 is 5.69 Å². The van der Waals surface area contributed by atoms with E-state index in [2.05, 4.69) is 68.2 Å². The Balaban J connectivity index is 2.26. The first-order valence-electron chi connectivity index (χ1n) is 6.43. The van der Waals surface area contributed by atoms with Crippen LogP contribution < -0.4 is 10.2 Å². The average molecular weight is 232 g/mol. The number of benzene rings is 1. The first-order chi connectivity index (χ1) is 7.88. The minimum Gasteiger partial charge on any atom is -0.369 e. The Morgan fingerprint density at radius 3 is 2.29 bits per heavy atom. The fourth-order valence-electron chi connectivity index (χ4n) is 2.46. The summed E-state index contributed by atoms with van der Waals surface area (Å²) in [5, 5.41) is 3.67.